The molecule has 4 atom stereocenters. The van der Waals surface area contributed by atoms with Crippen molar-refractivity contribution in [1.82, 2.24) is 4.90 Å². The van der Waals surface area contributed by atoms with Crippen molar-refractivity contribution >= 4 is 0 Å². The third-order valence-corrected chi connectivity index (χ3v) is 6.42. The molecule has 2 fully saturated rings. The molecule has 2 bridgehead atoms. The van der Waals surface area contributed by atoms with Gasteiger partial charge in [-0.1, -0.05) is 48.9 Å². The third-order valence-electron chi connectivity index (χ3n) is 6.42. The van der Waals surface area contributed by atoms with E-state index in [2.05, 4.69) is 47.4 Å². The molecule has 0 amide bonds. The molecule has 1 aromatic rings. The Morgan fingerprint density at radius 2 is 1.78 bits per heavy atom. The molecule has 3 unspecified atom stereocenters. The molecule has 1 heterocycles. The molecule has 1 saturated carbocycles. The summed E-state index contributed by atoms with van der Waals surface area (Å²) >= 11 is 0. The van der Waals surface area contributed by atoms with Crippen LogP contribution in [0.3, 0.4) is 0 Å². The largest absolute Gasteiger partial charge is 0.385 e. The van der Waals surface area contributed by atoms with E-state index in [9.17, 15) is 5.11 Å². The maximum atomic E-state index is 11.8. The number of nitrogens with zero attached hydrogens (tertiary/aromatic N) is 1. The normalized spacial score (nSPS) is 33.0. The van der Waals surface area contributed by atoms with Gasteiger partial charge >= 0.3 is 0 Å². The van der Waals surface area contributed by atoms with Crippen molar-refractivity contribution in [3.8, 4) is 0 Å². The fourth-order valence-corrected chi connectivity index (χ4v) is 5.11. The summed E-state index contributed by atoms with van der Waals surface area (Å²) in [6, 6.07) is 10.5. The van der Waals surface area contributed by atoms with Crippen molar-refractivity contribution in [3.63, 3.8) is 0 Å². The molecular formula is C21H29NO. The van der Waals surface area contributed by atoms with Crippen LogP contribution in [-0.2, 0) is 5.60 Å². The molecule has 23 heavy (non-hydrogen) atoms. The van der Waals surface area contributed by atoms with Crippen molar-refractivity contribution in [2.75, 3.05) is 19.6 Å². The van der Waals surface area contributed by atoms with Gasteiger partial charge in [0.05, 0.1) is 5.60 Å². The summed E-state index contributed by atoms with van der Waals surface area (Å²) < 4.78 is 0. The van der Waals surface area contributed by atoms with Gasteiger partial charge in [0.1, 0.15) is 0 Å². The fourth-order valence-electron chi connectivity index (χ4n) is 5.11. The standard InChI is InChI=1S/C21H29NO/c23-21(19-7-3-1-4-8-19,11-14-22-12-5-2-6-13-22)20-16-17-9-10-18(20)15-17/h1,3-4,7-10,17-18,20,23H,2,5-6,11-16H2/t17?,18?,20-,21?/m1/s1. The number of piperidine rings is 1. The summed E-state index contributed by atoms with van der Waals surface area (Å²) in [5.41, 5.74) is 0.464. The summed E-state index contributed by atoms with van der Waals surface area (Å²) in [6.45, 7) is 3.45. The van der Waals surface area contributed by atoms with Gasteiger partial charge in [-0.05, 0) is 68.5 Å². The number of allylic oxidation sites excluding steroid dienone is 2. The Balaban J connectivity index is 1.55. The maximum Gasteiger partial charge on any atom is 0.0942 e. The van der Waals surface area contributed by atoms with E-state index in [0.717, 1.165) is 24.9 Å². The third kappa shape index (κ3) is 2.99. The van der Waals surface area contributed by atoms with Crippen LogP contribution in [0.25, 0.3) is 0 Å². The molecule has 0 aromatic heterocycles. The van der Waals surface area contributed by atoms with E-state index in [1.165, 1.54) is 38.8 Å². The average molecular weight is 311 g/mol. The minimum atomic E-state index is -0.664. The predicted molar refractivity (Wildman–Crippen MR) is 94.1 cm³/mol. The van der Waals surface area contributed by atoms with E-state index in [4.69, 9.17) is 0 Å². The Hall–Kier alpha value is -1.12. The van der Waals surface area contributed by atoms with Crippen LogP contribution in [-0.4, -0.2) is 29.6 Å². The molecule has 2 nitrogen and oxygen atoms in total. The first kappa shape index (κ1) is 15.4. The maximum absolute atomic E-state index is 11.8. The van der Waals surface area contributed by atoms with E-state index in [1.807, 2.05) is 0 Å². The number of aliphatic hydroxyl groups is 1. The van der Waals surface area contributed by atoms with Gasteiger partial charge in [0.25, 0.3) is 0 Å². The number of hydrogen-bond acceptors (Lipinski definition) is 2. The zero-order chi connectivity index (χ0) is 15.7. The molecule has 0 radical (unpaired) electrons. The monoisotopic (exact) mass is 311 g/mol. The Labute approximate surface area is 140 Å². The van der Waals surface area contributed by atoms with Crippen LogP contribution in [0.2, 0.25) is 0 Å². The zero-order valence-electron chi connectivity index (χ0n) is 14.0. The van der Waals surface area contributed by atoms with Crippen LogP contribution in [0.4, 0.5) is 0 Å². The number of benzene rings is 1. The molecule has 1 aliphatic heterocycles. The van der Waals surface area contributed by atoms with Crippen molar-refractivity contribution < 1.29 is 5.11 Å². The number of fused-ring (bicyclic) bond motifs is 2. The molecule has 3 aliphatic rings. The molecular weight excluding hydrogens is 282 g/mol. The molecule has 124 valence electrons. The highest BCUT2D eigenvalue weighted by molar-refractivity contribution is 5.27. The Morgan fingerprint density at radius 1 is 1.00 bits per heavy atom. The Morgan fingerprint density at radius 3 is 2.43 bits per heavy atom. The van der Waals surface area contributed by atoms with Gasteiger partial charge in [0.2, 0.25) is 0 Å². The summed E-state index contributed by atoms with van der Waals surface area (Å²) in [7, 11) is 0. The molecule has 4 rings (SSSR count). The van der Waals surface area contributed by atoms with Crippen LogP contribution < -0.4 is 0 Å². The first-order chi connectivity index (χ1) is 11.3. The molecule has 1 N–H and O–H groups in total. The van der Waals surface area contributed by atoms with Gasteiger partial charge in [0.15, 0.2) is 0 Å². The average Bonchev–Trinajstić information content (AvgIpc) is 3.25. The topological polar surface area (TPSA) is 23.5 Å². The second-order valence-electron chi connectivity index (χ2n) is 7.83. The van der Waals surface area contributed by atoms with Crippen molar-refractivity contribution in [2.45, 2.75) is 44.1 Å². The lowest BCUT2D eigenvalue weighted by Gasteiger charge is -2.40. The van der Waals surface area contributed by atoms with E-state index < -0.39 is 5.60 Å². The quantitative estimate of drug-likeness (QED) is 0.832. The van der Waals surface area contributed by atoms with Crippen molar-refractivity contribution in [3.05, 3.63) is 48.0 Å². The minimum Gasteiger partial charge on any atom is -0.385 e. The van der Waals surface area contributed by atoms with Crippen LogP contribution in [0.5, 0.6) is 0 Å². The fraction of sp³-hybridized carbons (Fsp3) is 0.619. The van der Waals surface area contributed by atoms with Gasteiger partial charge in [-0.25, -0.2) is 0 Å². The number of likely N-dealkylation sites (tertiary alicyclic amines) is 1. The Bertz CT molecular complexity index is 548. The number of hydrogen-bond donors (Lipinski definition) is 1. The zero-order valence-corrected chi connectivity index (χ0v) is 14.0. The van der Waals surface area contributed by atoms with Crippen LogP contribution in [0, 0.1) is 17.8 Å². The van der Waals surface area contributed by atoms with Gasteiger partial charge in [-0.2, -0.15) is 0 Å². The van der Waals surface area contributed by atoms with Gasteiger partial charge < -0.3 is 10.0 Å². The van der Waals surface area contributed by atoms with Crippen molar-refractivity contribution in [1.29, 1.82) is 0 Å². The molecule has 0 spiro atoms. The van der Waals surface area contributed by atoms with Gasteiger partial charge in [-0.15, -0.1) is 0 Å². The summed E-state index contributed by atoms with van der Waals surface area (Å²) in [5.74, 6) is 1.67. The van der Waals surface area contributed by atoms with Crippen LogP contribution >= 0.6 is 0 Å². The first-order valence-electron chi connectivity index (χ1n) is 9.44. The molecule has 2 heteroatoms. The van der Waals surface area contributed by atoms with Gasteiger partial charge in [-0.3, -0.25) is 0 Å². The molecule has 1 aromatic carbocycles. The molecule has 2 aliphatic carbocycles. The summed E-state index contributed by atoms with van der Waals surface area (Å²) in [6.07, 6.45) is 12.0. The predicted octanol–water partition coefficient (Wildman–Crippen LogP) is 3.96. The van der Waals surface area contributed by atoms with Crippen LogP contribution in [0.1, 0.15) is 44.1 Å². The second-order valence-corrected chi connectivity index (χ2v) is 7.83. The summed E-state index contributed by atoms with van der Waals surface area (Å²) in [4.78, 5) is 2.56. The van der Waals surface area contributed by atoms with E-state index in [-0.39, 0.29) is 0 Å². The highest BCUT2D eigenvalue weighted by Gasteiger charge is 2.48. The lowest BCUT2D eigenvalue weighted by atomic mass is 9.72. The smallest absolute Gasteiger partial charge is 0.0942 e. The number of rotatable bonds is 5. The van der Waals surface area contributed by atoms with E-state index in [1.54, 1.807) is 0 Å². The second kappa shape index (κ2) is 6.41. The highest BCUT2D eigenvalue weighted by Crippen LogP contribution is 2.52. The van der Waals surface area contributed by atoms with E-state index in [0.29, 0.717) is 17.8 Å². The minimum absolute atomic E-state index is 0.393. The molecule has 1 saturated heterocycles. The lowest BCUT2D eigenvalue weighted by Crippen LogP contribution is -2.42. The highest BCUT2D eigenvalue weighted by atomic mass is 16.3. The van der Waals surface area contributed by atoms with Crippen molar-refractivity contribution in [2.24, 2.45) is 17.8 Å². The van der Waals surface area contributed by atoms with Gasteiger partial charge in [0, 0.05) is 6.54 Å². The first-order valence-corrected chi connectivity index (χ1v) is 9.44. The SMILES string of the molecule is OC(CCN1CCCCC1)(c1ccccc1)[C@@H]1CC2C=CC1C2. The lowest BCUT2D eigenvalue weighted by molar-refractivity contribution is -0.0495. The summed E-state index contributed by atoms with van der Waals surface area (Å²) in [5, 5.41) is 11.8. The van der Waals surface area contributed by atoms with Crippen LogP contribution in [0.15, 0.2) is 42.5 Å². The Kier molecular flexibility index (Phi) is 4.29. The van der Waals surface area contributed by atoms with E-state index >= 15 is 0 Å².